The summed E-state index contributed by atoms with van der Waals surface area (Å²) in [5.41, 5.74) is 3.25. The van der Waals surface area contributed by atoms with Gasteiger partial charge in [0.25, 0.3) is 0 Å². The highest BCUT2D eigenvalue weighted by Gasteiger charge is 2.13. The van der Waals surface area contributed by atoms with Crippen molar-refractivity contribution in [3.63, 3.8) is 0 Å². The maximum atomic E-state index is 10.1. The van der Waals surface area contributed by atoms with E-state index in [1.54, 1.807) is 6.20 Å². The lowest BCUT2D eigenvalue weighted by atomic mass is 10.0. The van der Waals surface area contributed by atoms with Crippen molar-refractivity contribution in [1.82, 2.24) is 4.98 Å². The summed E-state index contributed by atoms with van der Waals surface area (Å²) in [4.78, 5) is 4.12. The van der Waals surface area contributed by atoms with Gasteiger partial charge in [0.2, 0.25) is 0 Å². The zero-order chi connectivity index (χ0) is 10.8. The molecule has 1 aromatic carbocycles. The number of nitrogens with zero attached hydrogens (tertiary/aromatic N) is 1. The van der Waals surface area contributed by atoms with Gasteiger partial charge in [0, 0.05) is 11.6 Å². The van der Waals surface area contributed by atoms with Gasteiger partial charge in [0.05, 0.1) is 0 Å². The number of aliphatic hydroxyl groups excluding tert-OH is 1. The number of rotatable bonds is 2. The summed E-state index contributed by atoms with van der Waals surface area (Å²) in [5, 5.41) is 12.7. The van der Waals surface area contributed by atoms with E-state index >= 15 is 0 Å². The number of aliphatic hydroxyl groups is 1. The monoisotopic (exact) mass is 219 g/mol. The molecule has 0 saturated carbocycles. The van der Waals surface area contributed by atoms with E-state index in [1.165, 1.54) is 22.5 Å². The zero-order valence-corrected chi connectivity index (χ0v) is 9.58. The van der Waals surface area contributed by atoms with E-state index in [0.29, 0.717) is 0 Å². The first-order valence-electron chi connectivity index (χ1n) is 4.82. The van der Waals surface area contributed by atoms with Gasteiger partial charge in [-0.2, -0.15) is 0 Å². The van der Waals surface area contributed by atoms with Crippen LogP contribution in [0.25, 0.3) is 0 Å². The fraction of sp³-hybridized carbons (Fsp3) is 0.250. The maximum Gasteiger partial charge on any atom is 0.131 e. The third-order valence-corrected chi connectivity index (χ3v) is 3.07. The Kier molecular flexibility index (Phi) is 2.84. The van der Waals surface area contributed by atoms with Crippen molar-refractivity contribution < 1.29 is 5.11 Å². The molecule has 1 N–H and O–H groups in total. The van der Waals surface area contributed by atoms with Gasteiger partial charge in [-0.15, -0.1) is 11.3 Å². The molecule has 1 atom stereocenters. The third kappa shape index (κ3) is 2.25. The highest BCUT2D eigenvalue weighted by molar-refractivity contribution is 7.09. The number of thiazole rings is 1. The van der Waals surface area contributed by atoms with Crippen LogP contribution >= 0.6 is 11.3 Å². The van der Waals surface area contributed by atoms with Crippen molar-refractivity contribution in [2.45, 2.75) is 20.0 Å². The number of aryl methyl sites for hydroxylation is 2. The van der Waals surface area contributed by atoms with E-state index < -0.39 is 6.10 Å². The van der Waals surface area contributed by atoms with Crippen LogP contribution < -0.4 is 0 Å². The fourth-order valence-electron chi connectivity index (χ4n) is 1.68. The molecule has 0 amide bonds. The van der Waals surface area contributed by atoms with Gasteiger partial charge >= 0.3 is 0 Å². The molecule has 0 fully saturated rings. The minimum absolute atomic E-state index is 0.594. The molecule has 0 bridgehead atoms. The minimum atomic E-state index is -0.594. The Bertz CT molecular complexity index is 430. The summed E-state index contributed by atoms with van der Waals surface area (Å²) in [6, 6.07) is 6.09. The van der Waals surface area contributed by atoms with Gasteiger partial charge in [0.1, 0.15) is 11.1 Å². The molecule has 0 saturated heterocycles. The van der Waals surface area contributed by atoms with E-state index in [-0.39, 0.29) is 0 Å². The average molecular weight is 219 g/mol. The van der Waals surface area contributed by atoms with Crippen LogP contribution in [-0.4, -0.2) is 10.1 Å². The molecule has 2 nitrogen and oxygen atoms in total. The lowest BCUT2D eigenvalue weighted by Crippen LogP contribution is -1.99. The number of aromatic nitrogens is 1. The first kappa shape index (κ1) is 10.3. The molecule has 0 spiro atoms. The molecule has 0 aliphatic heterocycles. The molecule has 0 aliphatic rings. The molecular weight excluding hydrogens is 206 g/mol. The fourth-order valence-corrected chi connectivity index (χ4v) is 2.33. The van der Waals surface area contributed by atoms with Gasteiger partial charge < -0.3 is 5.11 Å². The minimum Gasteiger partial charge on any atom is -0.381 e. The second kappa shape index (κ2) is 4.13. The largest absolute Gasteiger partial charge is 0.381 e. The molecule has 1 aromatic heterocycles. The summed E-state index contributed by atoms with van der Waals surface area (Å²) in [6.07, 6.45) is 1.12. The van der Waals surface area contributed by atoms with Crippen molar-refractivity contribution >= 4 is 11.3 Å². The van der Waals surface area contributed by atoms with Gasteiger partial charge in [-0.3, -0.25) is 0 Å². The molecular formula is C12H13NOS. The Morgan fingerprint density at radius 3 is 2.40 bits per heavy atom. The van der Waals surface area contributed by atoms with Crippen LogP contribution in [0.15, 0.2) is 29.8 Å². The quantitative estimate of drug-likeness (QED) is 0.842. The predicted octanol–water partition coefficient (Wildman–Crippen LogP) is 2.84. The van der Waals surface area contributed by atoms with Crippen molar-refractivity contribution in [1.29, 1.82) is 0 Å². The molecule has 2 aromatic rings. The SMILES string of the molecule is Cc1cc(C)cc(C(O)c2nccs2)c1. The van der Waals surface area contributed by atoms with Crippen LogP contribution in [0.1, 0.15) is 27.8 Å². The maximum absolute atomic E-state index is 10.1. The van der Waals surface area contributed by atoms with Crippen LogP contribution in [0.4, 0.5) is 0 Å². The van der Waals surface area contributed by atoms with Gasteiger partial charge in [-0.05, 0) is 19.4 Å². The Morgan fingerprint density at radius 1 is 1.20 bits per heavy atom. The topological polar surface area (TPSA) is 33.1 Å². The smallest absolute Gasteiger partial charge is 0.131 e. The lowest BCUT2D eigenvalue weighted by molar-refractivity contribution is 0.219. The molecule has 15 heavy (non-hydrogen) atoms. The van der Waals surface area contributed by atoms with Gasteiger partial charge in [0.15, 0.2) is 0 Å². The Hall–Kier alpha value is -1.19. The van der Waals surface area contributed by atoms with E-state index in [4.69, 9.17) is 0 Å². The molecule has 0 aliphatic carbocycles. The second-order valence-electron chi connectivity index (χ2n) is 3.69. The molecule has 2 rings (SSSR count). The van der Waals surface area contributed by atoms with E-state index in [0.717, 1.165) is 10.6 Å². The number of hydrogen-bond acceptors (Lipinski definition) is 3. The standard InChI is InChI=1S/C12H13NOS/c1-8-5-9(2)7-10(6-8)11(14)12-13-3-4-15-12/h3-7,11,14H,1-2H3. The molecule has 1 heterocycles. The van der Waals surface area contributed by atoms with Crippen molar-refractivity contribution in [3.05, 3.63) is 51.5 Å². The zero-order valence-electron chi connectivity index (χ0n) is 8.77. The van der Waals surface area contributed by atoms with Crippen molar-refractivity contribution in [3.8, 4) is 0 Å². The van der Waals surface area contributed by atoms with Crippen LogP contribution in [0.3, 0.4) is 0 Å². The first-order chi connectivity index (χ1) is 7.16. The van der Waals surface area contributed by atoms with Crippen molar-refractivity contribution in [2.75, 3.05) is 0 Å². The molecule has 78 valence electrons. The van der Waals surface area contributed by atoms with E-state index in [1.807, 2.05) is 31.4 Å². The highest BCUT2D eigenvalue weighted by atomic mass is 32.1. The average Bonchev–Trinajstić information content (AvgIpc) is 2.67. The number of hydrogen-bond donors (Lipinski definition) is 1. The summed E-state index contributed by atoms with van der Waals surface area (Å²) in [5.74, 6) is 0. The normalized spacial score (nSPS) is 12.7. The number of benzene rings is 1. The summed E-state index contributed by atoms with van der Waals surface area (Å²) in [7, 11) is 0. The molecule has 1 unspecified atom stereocenters. The van der Waals surface area contributed by atoms with Gasteiger partial charge in [-0.1, -0.05) is 29.3 Å². The van der Waals surface area contributed by atoms with Gasteiger partial charge in [-0.25, -0.2) is 4.98 Å². The molecule has 3 heteroatoms. The Labute approximate surface area is 93.2 Å². The highest BCUT2D eigenvalue weighted by Crippen LogP contribution is 2.24. The third-order valence-electron chi connectivity index (χ3n) is 2.25. The van der Waals surface area contributed by atoms with Crippen LogP contribution in [0, 0.1) is 13.8 Å². The van der Waals surface area contributed by atoms with Crippen LogP contribution in [-0.2, 0) is 0 Å². The summed E-state index contributed by atoms with van der Waals surface area (Å²) in [6.45, 7) is 4.07. The first-order valence-corrected chi connectivity index (χ1v) is 5.70. The van der Waals surface area contributed by atoms with Crippen molar-refractivity contribution in [2.24, 2.45) is 0 Å². The van der Waals surface area contributed by atoms with Crippen LogP contribution in [0.2, 0.25) is 0 Å². The Morgan fingerprint density at radius 2 is 1.87 bits per heavy atom. The van der Waals surface area contributed by atoms with E-state index in [2.05, 4.69) is 11.1 Å². The Balaban J connectivity index is 2.37. The predicted molar refractivity (Wildman–Crippen MR) is 62.1 cm³/mol. The molecule has 0 radical (unpaired) electrons. The van der Waals surface area contributed by atoms with E-state index in [9.17, 15) is 5.11 Å². The summed E-state index contributed by atoms with van der Waals surface area (Å²) >= 11 is 1.48. The summed E-state index contributed by atoms with van der Waals surface area (Å²) < 4.78 is 0. The van der Waals surface area contributed by atoms with Crippen LogP contribution in [0.5, 0.6) is 0 Å². The lowest BCUT2D eigenvalue weighted by Gasteiger charge is -2.09. The second-order valence-corrected chi connectivity index (χ2v) is 4.62.